The molecule has 158 valence electrons. The summed E-state index contributed by atoms with van der Waals surface area (Å²) in [5.74, 6) is 0.867. The van der Waals surface area contributed by atoms with E-state index < -0.39 is 5.54 Å². The minimum absolute atomic E-state index is 0.454. The molecular weight excluding hydrogens is 402 g/mol. The number of nitrogens with zero attached hydrogens (tertiary/aromatic N) is 3. The molecular formula is C30H23N3. The smallest absolute Gasteiger partial charge is 0.157 e. The molecule has 0 N–H and O–H groups in total. The van der Waals surface area contributed by atoms with Gasteiger partial charge in [0.1, 0.15) is 5.54 Å². The van der Waals surface area contributed by atoms with Crippen LogP contribution in [0.4, 0.5) is 0 Å². The van der Waals surface area contributed by atoms with E-state index in [1.807, 2.05) is 18.2 Å². The Hall–Kier alpha value is -4.24. The molecule has 0 aromatic heterocycles. The SMILES string of the molecule is C1=C(c2ccccc2)N=C(c2ccccc2)N2N=C(c3ccccc3)CC12c1ccccc1. The van der Waals surface area contributed by atoms with Gasteiger partial charge in [0.05, 0.1) is 11.4 Å². The molecule has 0 fully saturated rings. The third-order valence-electron chi connectivity index (χ3n) is 6.32. The van der Waals surface area contributed by atoms with Gasteiger partial charge >= 0.3 is 0 Å². The maximum absolute atomic E-state index is 5.19. The lowest BCUT2D eigenvalue weighted by Gasteiger charge is -2.39. The van der Waals surface area contributed by atoms with Crippen molar-refractivity contribution in [1.82, 2.24) is 5.01 Å². The topological polar surface area (TPSA) is 28.0 Å². The Labute approximate surface area is 194 Å². The molecule has 0 saturated carbocycles. The lowest BCUT2D eigenvalue weighted by molar-refractivity contribution is 0.271. The molecule has 4 aromatic rings. The van der Waals surface area contributed by atoms with Crippen LogP contribution in [0.25, 0.3) is 5.70 Å². The Bertz CT molecular complexity index is 1360. The summed E-state index contributed by atoms with van der Waals surface area (Å²) in [6, 6.07) is 41.9. The highest BCUT2D eigenvalue weighted by atomic mass is 15.5. The van der Waals surface area contributed by atoms with Crippen LogP contribution >= 0.6 is 0 Å². The number of fused-ring (bicyclic) bond motifs is 1. The van der Waals surface area contributed by atoms with E-state index in [2.05, 4.69) is 114 Å². The summed E-state index contributed by atoms with van der Waals surface area (Å²) < 4.78 is 0. The van der Waals surface area contributed by atoms with Crippen molar-refractivity contribution in [3.63, 3.8) is 0 Å². The van der Waals surface area contributed by atoms with Crippen LogP contribution in [-0.4, -0.2) is 16.6 Å². The van der Waals surface area contributed by atoms with E-state index in [0.29, 0.717) is 0 Å². The third-order valence-corrected chi connectivity index (χ3v) is 6.32. The van der Waals surface area contributed by atoms with Crippen LogP contribution in [-0.2, 0) is 5.54 Å². The van der Waals surface area contributed by atoms with Gasteiger partial charge in [0.2, 0.25) is 0 Å². The fraction of sp³-hybridized carbons (Fsp3) is 0.0667. The van der Waals surface area contributed by atoms with Crippen molar-refractivity contribution >= 4 is 17.2 Å². The van der Waals surface area contributed by atoms with E-state index in [1.54, 1.807) is 0 Å². The first-order chi connectivity index (χ1) is 16.3. The van der Waals surface area contributed by atoms with Crippen molar-refractivity contribution in [3.8, 4) is 0 Å². The first-order valence-corrected chi connectivity index (χ1v) is 11.2. The van der Waals surface area contributed by atoms with E-state index >= 15 is 0 Å². The number of rotatable bonds is 4. The van der Waals surface area contributed by atoms with Crippen LogP contribution in [0.5, 0.6) is 0 Å². The molecule has 0 aliphatic carbocycles. The van der Waals surface area contributed by atoms with E-state index in [4.69, 9.17) is 10.1 Å². The highest BCUT2D eigenvalue weighted by Gasteiger charge is 2.47. The van der Waals surface area contributed by atoms with Crippen LogP contribution in [0.1, 0.15) is 28.7 Å². The van der Waals surface area contributed by atoms with Crippen LogP contribution in [0.3, 0.4) is 0 Å². The van der Waals surface area contributed by atoms with Gasteiger partial charge < -0.3 is 0 Å². The van der Waals surface area contributed by atoms with Crippen molar-refractivity contribution in [2.75, 3.05) is 0 Å². The van der Waals surface area contributed by atoms with Crippen LogP contribution in [0, 0.1) is 0 Å². The number of benzene rings is 4. The summed E-state index contributed by atoms with van der Waals surface area (Å²) >= 11 is 0. The van der Waals surface area contributed by atoms with Crippen LogP contribution < -0.4 is 0 Å². The summed E-state index contributed by atoms with van der Waals surface area (Å²) in [5.41, 5.74) is 6.09. The quantitative estimate of drug-likeness (QED) is 0.367. The summed E-state index contributed by atoms with van der Waals surface area (Å²) in [6.07, 6.45) is 3.06. The van der Waals surface area contributed by atoms with Gasteiger partial charge in [-0.3, -0.25) is 0 Å². The normalized spacial score (nSPS) is 19.4. The summed E-state index contributed by atoms with van der Waals surface area (Å²) in [4.78, 5) is 5.16. The average Bonchev–Trinajstić information content (AvgIpc) is 3.31. The minimum atomic E-state index is -0.454. The Balaban J connectivity index is 1.60. The molecule has 1 atom stereocenters. The van der Waals surface area contributed by atoms with E-state index in [1.165, 1.54) is 5.56 Å². The molecule has 4 aromatic carbocycles. The molecule has 3 heteroatoms. The molecule has 2 aliphatic heterocycles. The zero-order chi connectivity index (χ0) is 22.1. The zero-order valence-electron chi connectivity index (χ0n) is 18.2. The molecule has 33 heavy (non-hydrogen) atoms. The van der Waals surface area contributed by atoms with Crippen LogP contribution in [0.2, 0.25) is 0 Å². The first-order valence-electron chi connectivity index (χ1n) is 11.2. The predicted octanol–water partition coefficient (Wildman–Crippen LogP) is 6.49. The molecule has 6 rings (SSSR count). The lowest BCUT2D eigenvalue weighted by Crippen LogP contribution is -2.44. The van der Waals surface area contributed by atoms with E-state index in [0.717, 1.165) is 40.4 Å². The van der Waals surface area contributed by atoms with Crippen molar-refractivity contribution in [1.29, 1.82) is 0 Å². The number of hydrazone groups is 1. The maximum Gasteiger partial charge on any atom is 0.157 e. The minimum Gasteiger partial charge on any atom is -0.232 e. The summed E-state index contributed by atoms with van der Waals surface area (Å²) in [7, 11) is 0. The molecule has 0 spiro atoms. The van der Waals surface area contributed by atoms with Crippen molar-refractivity contribution in [2.45, 2.75) is 12.0 Å². The van der Waals surface area contributed by atoms with Gasteiger partial charge in [-0.2, -0.15) is 5.10 Å². The fourth-order valence-electron chi connectivity index (χ4n) is 4.70. The highest BCUT2D eigenvalue weighted by molar-refractivity contribution is 6.09. The molecule has 0 radical (unpaired) electrons. The molecule has 0 bridgehead atoms. The largest absolute Gasteiger partial charge is 0.232 e. The molecule has 2 heterocycles. The first kappa shape index (κ1) is 19.4. The van der Waals surface area contributed by atoms with Gasteiger partial charge in [0.25, 0.3) is 0 Å². The van der Waals surface area contributed by atoms with Gasteiger partial charge in [-0.25, -0.2) is 10.0 Å². The predicted molar refractivity (Wildman–Crippen MR) is 135 cm³/mol. The zero-order valence-corrected chi connectivity index (χ0v) is 18.2. The number of aliphatic imine (C=N–C) groups is 1. The second-order valence-corrected chi connectivity index (χ2v) is 8.39. The molecule has 1 unspecified atom stereocenters. The monoisotopic (exact) mass is 425 g/mol. The molecule has 3 nitrogen and oxygen atoms in total. The summed E-state index contributed by atoms with van der Waals surface area (Å²) in [5, 5.41) is 7.32. The van der Waals surface area contributed by atoms with Gasteiger partial charge in [0.15, 0.2) is 5.84 Å². The average molecular weight is 426 g/mol. The van der Waals surface area contributed by atoms with E-state index in [9.17, 15) is 0 Å². The third kappa shape index (κ3) is 3.39. The highest BCUT2D eigenvalue weighted by Crippen LogP contribution is 2.46. The Morgan fingerprint density at radius 3 is 1.70 bits per heavy atom. The van der Waals surface area contributed by atoms with Gasteiger partial charge in [0, 0.05) is 12.0 Å². The number of hydrogen-bond donors (Lipinski definition) is 0. The van der Waals surface area contributed by atoms with Crippen molar-refractivity contribution in [2.24, 2.45) is 10.1 Å². The summed E-state index contributed by atoms with van der Waals surface area (Å²) in [6.45, 7) is 0. The second kappa shape index (κ2) is 8.03. The van der Waals surface area contributed by atoms with E-state index in [-0.39, 0.29) is 0 Å². The van der Waals surface area contributed by atoms with Crippen molar-refractivity contribution in [3.05, 3.63) is 150 Å². The fourth-order valence-corrected chi connectivity index (χ4v) is 4.70. The van der Waals surface area contributed by atoms with Gasteiger partial charge in [-0.1, -0.05) is 121 Å². The molecule has 0 saturated heterocycles. The lowest BCUT2D eigenvalue weighted by atomic mass is 9.81. The Morgan fingerprint density at radius 2 is 1.09 bits per heavy atom. The molecule has 0 amide bonds. The maximum atomic E-state index is 5.19. The van der Waals surface area contributed by atoms with Gasteiger partial charge in [-0.05, 0) is 22.8 Å². The Kier molecular flexibility index (Phi) is 4.73. The number of hydrogen-bond acceptors (Lipinski definition) is 3. The number of amidine groups is 1. The van der Waals surface area contributed by atoms with Crippen LogP contribution in [0.15, 0.2) is 137 Å². The van der Waals surface area contributed by atoms with Gasteiger partial charge in [-0.15, -0.1) is 0 Å². The molecule has 2 aliphatic rings. The second-order valence-electron chi connectivity index (χ2n) is 8.39. The van der Waals surface area contributed by atoms with Crippen molar-refractivity contribution < 1.29 is 0 Å². The standard InChI is InChI=1S/C30H23N3/c1-5-13-23(14-6-1)27-21-30(26-19-11-4-12-20-26)22-28(24-15-7-2-8-16-24)32-33(30)29(31-27)25-17-9-3-10-18-25/h1-21H,22H2. The Morgan fingerprint density at radius 1 is 0.576 bits per heavy atom.